The summed E-state index contributed by atoms with van der Waals surface area (Å²) < 4.78 is 69.6. The summed E-state index contributed by atoms with van der Waals surface area (Å²) in [6.07, 6.45) is 3.52. The number of halogens is 4. The zero-order chi connectivity index (χ0) is 22.4. The standard InChI is InChI=1S/C25H30F4O2/c1-3-30-14-13-18-9-10-20(24(28)22(18)26)21-12-11-19(23(27)25(21)29)17-7-5-16(6-8-17)15-31-4-2/h9-12,16-17H,3-8,13-15H2,1-2H3. The summed E-state index contributed by atoms with van der Waals surface area (Å²) in [7, 11) is 0. The van der Waals surface area contributed by atoms with Crippen LogP contribution in [0.5, 0.6) is 0 Å². The number of ether oxygens (including phenoxy) is 2. The SMILES string of the molecule is CCOCCc1ccc(-c2ccc(C3CCC(COCC)CC3)c(F)c2F)c(F)c1F. The van der Waals surface area contributed by atoms with Crippen molar-refractivity contribution in [3.05, 3.63) is 58.7 Å². The van der Waals surface area contributed by atoms with E-state index in [1.165, 1.54) is 24.3 Å². The van der Waals surface area contributed by atoms with E-state index in [9.17, 15) is 17.6 Å². The smallest absolute Gasteiger partial charge is 0.167 e. The zero-order valence-corrected chi connectivity index (χ0v) is 18.2. The molecule has 1 saturated carbocycles. The van der Waals surface area contributed by atoms with Crippen molar-refractivity contribution in [3.8, 4) is 11.1 Å². The van der Waals surface area contributed by atoms with Crippen molar-refractivity contribution in [1.82, 2.24) is 0 Å². The maximum Gasteiger partial charge on any atom is 0.167 e. The molecular formula is C25H30F4O2. The van der Waals surface area contributed by atoms with Gasteiger partial charge in [0.1, 0.15) is 0 Å². The van der Waals surface area contributed by atoms with Crippen molar-refractivity contribution in [3.63, 3.8) is 0 Å². The molecule has 31 heavy (non-hydrogen) atoms. The monoisotopic (exact) mass is 438 g/mol. The van der Waals surface area contributed by atoms with E-state index in [1.807, 2.05) is 13.8 Å². The van der Waals surface area contributed by atoms with Crippen LogP contribution in [0.1, 0.15) is 56.6 Å². The Balaban J connectivity index is 1.79. The minimum absolute atomic E-state index is 0.0797. The molecule has 0 spiro atoms. The molecule has 0 aliphatic heterocycles. The minimum atomic E-state index is -1.17. The second-order valence-corrected chi connectivity index (χ2v) is 8.05. The van der Waals surface area contributed by atoms with Gasteiger partial charge in [-0.05, 0) is 68.9 Å². The van der Waals surface area contributed by atoms with E-state index in [0.717, 1.165) is 25.7 Å². The Labute approximate surface area is 181 Å². The molecule has 6 heteroatoms. The third-order valence-corrected chi connectivity index (χ3v) is 6.13. The lowest BCUT2D eigenvalue weighted by molar-refractivity contribution is 0.0918. The summed E-state index contributed by atoms with van der Waals surface area (Å²) >= 11 is 0. The van der Waals surface area contributed by atoms with Crippen molar-refractivity contribution in [2.75, 3.05) is 26.4 Å². The van der Waals surface area contributed by atoms with Gasteiger partial charge in [0.2, 0.25) is 0 Å². The first-order valence-corrected chi connectivity index (χ1v) is 11.1. The van der Waals surface area contributed by atoms with E-state index in [4.69, 9.17) is 9.47 Å². The molecule has 0 unspecified atom stereocenters. The maximum absolute atomic E-state index is 14.9. The zero-order valence-electron chi connectivity index (χ0n) is 18.2. The second-order valence-electron chi connectivity index (χ2n) is 8.05. The summed E-state index contributed by atoms with van der Waals surface area (Å²) in [6.45, 7) is 5.88. The fourth-order valence-electron chi connectivity index (χ4n) is 4.33. The molecule has 1 aliphatic rings. The first-order valence-electron chi connectivity index (χ1n) is 11.1. The molecule has 170 valence electrons. The minimum Gasteiger partial charge on any atom is -0.381 e. The average molecular weight is 439 g/mol. The van der Waals surface area contributed by atoms with Gasteiger partial charge in [-0.15, -0.1) is 0 Å². The largest absolute Gasteiger partial charge is 0.381 e. The van der Waals surface area contributed by atoms with Crippen LogP contribution in [0.2, 0.25) is 0 Å². The Kier molecular flexibility index (Phi) is 8.50. The van der Waals surface area contributed by atoms with E-state index in [-0.39, 0.29) is 35.6 Å². The van der Waals surface area contributed by atoms with E-state index in [0.29, 0.717) is 31.3 Å². The molecule has 0 amide bonds. The van der Waals surface area contributed by atoms with Gasteiger partial charge in [-0.25, -0.2) is 17.6 Å². The molecule has 2 nitrogen and oxygen atoms in total. The van der Waals surface area contributed by atoms with Crippen LogP contribution in [0, 0.1) is 29.2 Å². The van der Waals surface area contributed by atoms with Gasteiger partial charge >= 0.3 is 0 Å². The molecule has 0 atom stereocenters. The van der Waals surface area contributed by atoms with Gasteiger partial charge in [-0.3, -0.25) is 0 Å². The maximum atomic E-state index is 14.9. The number of hydrogen-bond donors (Lipinski definition) is 0. The van der Waals surface area contributed by atoms with Crippen LogP contribution < -0.4 is 0 Å². The van der Waals surface area contributed by atoms with Gasteiger partial charge in [-0.2, -0.15) is 0 Å². The lowest BCUT2D eigenvalue weighted by Crippen LogP contribution is -2.18. The highest BCUT2D eigenvalue weighted by atomic mass is 19.2. The van der Waals surface area contributed by atoms with Gasteiger partial charge in [0.05, 0.1) is 6.61 Å². The van der Waals surface area contributed by atoms with Crippen molar-refractivity contribution >= 4 is 0 Å². The molecule has 3 rings (SSSR count). The van der Waals surface area contributed by atoms with Crippen LogP contribution in [0.15, 0.2) is 24.3 Å². The topological polar surface area (TPSA) is 18.5 Å². The summed E-state index contributed by atoms with van der Waals surface area (Å²) in [6, 6.07) is 5.58. The van der Waals surface area contributed by atoms with Gasteiger partial charge in [0.25, 0.3) is 0 Å². The molecule has 1 aliphatic carbocycles. The highest BCUT2D eigenvalue weighted by molar-refractivity contribution is 5.66. The number of benzene rings is 2. The van der Waals surface area contributed by atoms with Crippen LogP contribution in [0.4, 0.5) is 17.6 Å². The fourth-order valence-corrected chi connectivity index (χ4v) is 4.33. The first-order chi connectivity index (χ1) is 15.0. The molecule has 0 heterocycles. The lowest BCUT2D eigenvalue weighted by atomic mass is 9.78. The highest BCUT2D eigenvalue weighted by Crippen LogP contribution is 2.39. The lowest BCUT2D eigenvalue weighted by Gasteiger charge is -2.29. The normalized spacial score (nSPS) is 19.0. The predicted octanol–water partition coefficient (Wildman–Crippen LogP) is 6.80. The Morgan fingerprint density at radius 2 is 1.35 bits per heavy atom. The van der Waals surface area contributed by atoms with Crippen LogP contribution in [-0.4, -0.2) is 26.4 Å². The predicted molar refractivity (Wildman–Crippen MR) is 113 cm³/mol. The fraction of sp³-hybridized carbons (Fsp3) is 0.520. The molecule has 0 radical (unpaired) electrons. The molecule has 0 bridgehead atoms. The quantitative estimate of drug-likeness (QED) is 0.317. The van der Waals surface area contributed by atoms with Crippen LogP contribution >= 0.6 is 0 Å². The molecule has 1 fully saturated rings. The number of rotatable bonds is 9. The molecule has 2 aromatic carbocycles. The van der Waals surface area contributed by atoms with Gasteiger partial charge in [0.15, 0.2) is 23.3 Å². The molecule has 2 aromatic rings. The van der Waals surface area contributed by atoms with Crippen LogP contribution in [0.3, 0.4) is 0 Å². The average Bonchev–Trinajstić information content (AvgIpc) is 2.78. The molecule has 0 aromatic heterocycles. The first kappa shape index (κ1) is 23.7. The summed E-state index contributed by atoms with van der Waals surface area (Å²) in [5.74, 6) is -3.95. The third kappa shape index (κ3) is 5.47. The summed E-state index contributed by atoms with van der Waals surface area (Å²) in [5.41, 5.74) is -0.0820. The van der Waals surface area contributed by atoms with Crippen molar-refractivity contribution in [1.29, 1.82) is 0 Å². The second kappa shape index (κ2) is 11.1. The van der Waals surface area contributed by atoms with Crippen LogP contribution in [0.25, 0.3) is 11.1 Å². The summed E-state index contributed by atoms with van der Waals surface area (Å²) in [5, 5.41) is 0. The highest BCUT2D eigenvalue weighted by Gasteiger charge is 2.27. The van der Waals surface area contributed by atoms with Gasteiger partial charge in [0, 0.05) is 30.9 Å². The Morgan fingerprint density at radius 1 is 0.742 bits per heavy atom. The van der Waals surface area contributed by atoms with Crippen molar-refractivity contribution < 1.29 is 27.0 Å². The van der Waals surface area contributed by atoms with E-state index >= 15 is 0 Å². The molecule has 0 N–H and O–H groups in total. The van der Waals surface area contributed by atoms with Gasteiger partial charge in [-0.1, -0.05) is 24.3 Å². The summed E-state index contributed by atoms with van der Waals surface area (Å²) in [4.78, 5) is 0. The van der Waals surface area contributed by atoms with Crippen molar-refractivity contribution in [2.24, 2.45) is 5.92 Å². The Hall–Kier alpha value is -1.92. The van der Waals surface area contributed by atoms with Gasteiger partial charge < -0.3 is 9.47 Å². The van der Waals surface area contributed by atoms with E-state index in [2.05, 4.69) is 0 Å². The van der Waals surface area contributed by atoms with E-state index in [1.54, 1.807) is 0 Å². The molecule has 0 saturated heterocycles. The third-order valence-electron chi connectivity index (χ3n) is 6.13. The van der Waals surface area contributed by atoms with E-state index < -0.39 is 23.3 Å². The number of hydrogen-bond acceptors (Lipinski definition) is 2. The van der Waals surface area contributed by atoms with Crippen LogP contribution in [-0.2, 0) is 15.9 Å². The molecular weight excluding hydrogens is 408 g/mol. The Morgan fingerprint density at radius 3 is 2.00 bits per heavy atom. The van der Waals surface area contributed by atoms with Crippen molar-refractivity contribution in [2.45, 2.75) is 51.9 Å². The Bertz CT molecular complexity index is 876.